The summed E-state index contributed by atoms with van der Waals surface area (Å²) in [5.41, 5.74) is 11.9. The lowest BCUT2D eigenvalue weighted by molar-refractivity contribution is 0.597. The van der Waals surface area contributed by atoms with Crippen LogP contribution in [0.4, 0.5) is 0 Å². The smallest absolute Gasteiger partial charge is 0.136 e. The Kier molecular flexibility index (Phi) is 2.21. The minimum absolute atomic E-state index is 0.536. The lowest BCUT2D eigenvalue weighted by Gasteiger charge is -2.24. The lowest BCUT2D eigenvalue weighted by atomic mass is 10.1. The van der Waals surface area contributed by atoms with Gasteiger partial charge in [0.25, 0.3) is 0 Å². The molecule has 0 saturated heterocycles. The van der Waals surface area contributed by atoms with E-state index < -0.39 is 5.66 Å². The third kappa shape index (κ3) is 2.16. The van der Waals surface area contributed by atoms with E-state index in [9.17, 15) is 0 Å². The Morgan fingerprint density at radius 1 is 1.27 bits per heavy atom. The highest BCUT2D eigenvalue weighted by Gasteiger charge is 2.21. The van der Waals surface area contributed by atoms with Gasteiger partial charge in [-0.25, -0.2) is 4.99 Å². The molecule has 5 N–H and O–H groups in total. The largest absolute Gasteiger partial charge is 0.385 e. The SMILES string of the molecule is CC1(N)C=C(N)NC(c2ccccc2)=N1. The molecule has 0 aromatic heterocycles. The van der Waals surface area contributed by atoms with Gasteiger partial charge in [-0.2, -0.15) is 0 Å². The number of amidine groups is 1. The van der Waals surface area contributed by atoms with Gasteiger partial charge in [0, 0.05) is 5.56 Å². The van der Waals surface area contributed by atoms with Gasteiger partial charge in [0.2, 0.25) is 0 Å². The number of nitrogens with two attached hydrogens (primary N) is 2. The van der Waals surface area contributed by atoms with Crippen LogP contribution >= 0.6 is 0 Å². The maximum atomic E-state index is 5.91. The highest BCUT2D eigenvalue weighted by molar-refractivity contribution is 6.00. The van der Waals surface area contributed by atoms with Crippen molar-refractivity contribution in [2.75, 3.05) is 0 Å². The second kappa shape index (κ2) is 3.40. The molecule has 4 nitrogen and oxygen atoms in total. The Hall–Kier alpha value is -1.81. The fourth-order valence-electron chi connectivity index (χ4n) is 1.52. The summed E-state index contributed by atoms with van der Waals surface area (Å²) >= 11 is 0. The predicted octanol–water partition coefficient (Wildman–Crippen LogP) is 0.511. The number of rotatable bonds is 1. The summed E-state index contributed by atoms with van der Waals surface area (Å²) in [6.07, 6.45) is 1.69. The van der Waals surface area contributed by atoms with Crippen LogP contribution in [-0.4, -0.2) is 11.5 Å². The number of benzene rings is 1. The Bertz CT molecular complexity index is 417. The average molecular weight is 202 g/mol. The number of nitrogens with zero attached hydrogens (tertiary/aromatic N) is 1. The quantitative estimate of drug-likeness (QED) is 0.621. The van der Waals surface area contributed by atoms with Crippen LogP contribution in [0.15, 0.2) is 47.2 Å². The van der Waals surface area contributed by atoms with Gasteiger partial charge in [0.15, 0.2) is 0 Å². The van der Waals surface area contributed by atoms with E-state index in [0.717, 1.165) is 5.56 Å². The van der Waals surface area contributed by atoms with Gasteiger partial charge in [0.1, 0.15) is 17.3 Å². The Labute approximate surface area is 88.7 Å². The zero-order chi connectivity index (χ0) is 10.9. The summed E-state index contributed by atoms with van der Waals surface area (Å²) in [6.45, 7) is 1.81. The van der Waals surface area contributed by atoms with Crippen LogP contribution in [0.2, 0.25) is 0 Å². The summed E-state index contributed by atoms with van der Waals surface area (Å²) in [5, 5.41) is 3.00. The molecule has 1 aliphatic rings. The van der Waals surface area contributed by atoms with Crippen LogP contribution in [0.5, 0.6) is 0 Å². The van der Waals surface area contributed by atoms with E-state index in [-0.39, 0.29) is 0 Å². The van der Waals surface area contributed by atoms with Gasteiger partial charge in [-0.3, -0.25) is 0 Å². The number of hydrogen-bond donors (Lipinski definition) is 3. The molecule has 2 rings (SSSR count). The molecular formula is C11H14N4. The van der Waals surface area contributed by atoms with Crippen molar-refractivity contribution >= 4 is 5.84 Å². The van der Waals surface area contributed by atoms with Gasteiger partial charge in [-0.1, -0.05) is 30.3 Å². The molecule has 0 bridgehead atoms. The molecule has 0 amide bonds. The summed E-state index contributed by atoms with van der Waals surface area (Å²) < 4.78 is 0. The van der Waals surface area contributed by atoms with Gasteiger partial charge in [-0.05, 0) is 13.0 Å². The van der Waals surface area contributed by atoms with Gasteiger partial charge >= 0.3 is 0 Å². The van der Waals surface area contributed by atoms with Crippen molar-refractivity contribution in [3.63, 3.8) is 0 Å². The Morgan fingerprint density at radius 2 is 1.93 bits per heavy atom. The minimum atomic E-state index is -0.736. The van der Waals surface area contributed by atoms with Crippen molar-refractivity contribution < 1.29 is 0 Å². The Balaban J connectivity index is 2.37. The molecule has 1 heterocycles. The fourth-order valence-corrected chi connectivity index (χ4v) is 1.52. The van der Waals surface area contributed by atoms with Crippen molar-refractivity contribution in [3.05, 3.63) is 47.8 Å². The topological polar surface area (TPSA) is 76.4 Å². The summed E-state index contributed by atoms with van der Waals surface area (Å²) in [4.78, 5) is 4.36. The first kappa shape index (κ1) is 9.73. The van der Waals surface area contributed by atoms with Crippen LogP contribution in [-0.2, 0) is 0 Å². The second-order valence-corrected chi connectivity index (χ2v) is 3.78. The number of hydrogen-bond acceptors (Lipinski definition) is 4. The molecule has 0 saturated carbocycles. The standard InChI is InChI=1S/C11H14N4/c1-11(13)7-9(12)14-10(15-11)8-5-3-2-4-6-8/h2-7H,12-13H2,1H3,(H,14,15). The van der Waals surface area contributed by atoms with Crippen molar-refractivity contribution in [2.45, 2.75) is 12.6 Å². The molecule has 1 aromatic carbocycles. The monoisotopic (exact) mass is 202 g/mol. The van der Waals surface area contributed by atoms with Gasteiger partial charge < -0.3 is 16.8 Å². The van der Waals surface area contributed by atoms with E-state index in [0.29, 0.717) is 11.7 Å². The third-order valence-electron chi connectivity index (χ3n) is 2.11. The first-order valence-corrected chi connectivity index (χ1v) is 4.76. The highest BCUT2D eigenvalue weighted by atomic mass is 15.2. The molecule has 78 valence electrons. The molecule has 0 spiro atoms. The van der Waals surface area contributed by atoms with E-state index in [1.807, 2.05) is 37.3 Å². The van der Waals surface area contributed by atoms with E-state index in [2.05, 4.69) is 10.3 Å². The number of aliphatic imine (C=N–C) groups is 1. The molecule has 0 radical (unpaired) electrons. The lowest BCUT2D eigenvalue weighted by Crippen LogP contribution is -2.43. The summed E-state index contributed by atoms with van der Waals surface area (Å²) in [7, 11) is 0. The first-order chi connectivity index (χ1) is 7.07. The highest BCUT2D eigenvalue weighted by Crippen LogP contribution is 2.12. The normalized spacial score (nSPS) is 25.2. The molecule has 15 heavy (non-hydrogen) atoms. The van der Waals surface area contributed by atoms with Crippen LogP contribution in [0.1, 0.15) is 12.5 Å². The molecule has 1 aromatic rings. The zero-order valence-corrected chi connectivity index (χ0v) is 8.57. The van der Waals surface area contributed by atoms with Crippen LogP contribution < -0.4 is 16.8 Å². The van der Waals surface area contributed by atoms with Crippen LogP contribution in [0, 0.1) is 0 Å². The average Bonchev–Trinajstić information content (AvgIpc) is 2.16. The minimum Gasteiger partial charge on any atom is -0.385 e. The maximum absolute atomic E-state index is 5.91. The predicted molar refractivity (Wildman–Crippen MR) is 61.0 cm³/mol. The van der Waals surface area contributed by atoms with Gasteiger partial charge in [-0.15, -0.1) is 0 Å². The van der Waals surface area contributed by atoms with Crippen molar-refractivity contribution in [3.8, 4) is 0 Å². The first-order valence-electron chi connectivity index (χ1n) is 4.76. The molecule has 1 aliphatic heterocycles. The van der Waals surface area contributed by atoms with E-state index in [1.54, 1.807) is 6.08 Å². The number of nitrogens with one attached hydrogen (secondary N) is 1. The Morgan fingerprint density at radius 3 is 2.53 bits per heavy atom. The molecule has 1 atom stereocenters. The third-order valence-corrected chi connectivity index (χ3v) is 2.11. The van der Waals surface area contributed by atoms with Crippen molar-refractivity contribution in [2.24, 2.45) is 16.5 Å². The van der Waals surface area contributed by atoms with E-state index >= 15 is 0 Å². The van der Waals surface area contributed by atoms with Crippen LogP contribution in [0.25, 0.3) is 0 Å². The molecule has 4 heteroatoms. The van der Waals surface area contributed by atoms with E-state index in [4.69, 9.17) is 11.5 Å². The van der Waals surface area contributed by atoms with E-state index in [1.165, 1.54) is 0 Å². The second-order valence-electron chi connectivity index (χ2n) is 3.78. The van der Waals surface area contributed by atoms with Crippen LogP contribution in [0.3, 0.4) is 0 Å². The summed E-state index contributed by atoms with van der Waals surface area (Å²) in [5.74, 6) is 1.24. The summed E-state index contributed by atoms with van der Waals surface area (Å²) in [6, 6.07) is 9.76. The maximum Gasteiger partial charge on any atom is 0.136 e. The zero-order valence-electron chi connectivity index (χ0n) is 8.57. The molecule has 1 unspecified atom stereocenters. The van der Waals surface area contributed by atoms with Crippen molar-refractivity contribution in [1.82, 2.24) is 5.32 Å². The fraction of sp³-hybridized carbons (Fsp3) is 0.182. The van der Waals surface area contributed by atoms with Crippen molar-refractivity contribution in [1.29, 1.82) is 0 Å². The molecule has 0 fully saturated rings. The van der Waals surface area contributed by atoms with Gasteiger partial charge in [0.05, 0.1) is 0 Å². The molecular weight excluding hydrogens is 188 g/mol. The molecule has 0 aliphatic carbocycles.